The van der Waals surface area contributed by atoms with Gasteiger partial charge in [0.25, 0.3) is 0 Å². The number of alkyl halides is 1. The second-order valence-electron chi connectivity index (χ2n) is 4.14. The quantitative estimate of drug-likeness (QED) is 0.637. The van der Waals surface area contributed by atoms with E-state index >= 15 is 0 Å². The Labute approximate surface area is 129 Å². The predicted molar refractivity (Wildman–Crippen MR) is 81.9 cm³/mol. The SMILES string of the molecule is Fc1cccc(C(CBr)OCc2cccc(Br)c2)c1. The van der Waals surface area contributed by atoms with E-state index in [2.05, 4.69) is 31.9 Å². The van der Waals surface area contributed by atoms with E-state index in [0.29, 0.717) is 11.9 Å². The van der Waals surface area contributed by atoms with Crippen molar-refractivity contribution in [2.24, 2.45) is 0 Å². The van der Waals surface area contributed by atoms with Crippen LogP contribution >= 0.6 is 31.9 Å². The van der Waals surface area contributed by atoms with E-state index in [-0.39, 0.29) is 11.9 Å². The van der Waals surface area contributed by atoms with E-state index < -0.39 is 0 Å². The van der Waals surface area contributed by atoms with Crippen molar-refractivity contribution in [2.45, 2.75) is 12.7 Å². The number of rotatable bonds is 5. The van der Waals surface area contributed by atoms with Crippen LogP contribution in [0.2, 0.25) is 0 Å². The topological polar surface area (TPSA) is 9.23 Å². The molecule has 0 N–H and O–H groups in total. The van der Waals surface area contributed by atoms with Crippen LogP contribution in [0.4, 0.5) is 4.39 Å². The highest BCUT2D eigenvalue weighted by molar-refractivity contribution is 9.10. The van der Waals surface area contributed by atoms with Gasteiger partial charge in [-0.15, -0.1) is 0 Å². The van der Waals surface area contributed by atoms with Crippen LogP contribution < -0.4 is 0 Å². The molecule has 2 aromatic carbocycles. The minimum Gasteiger partial charge on any atom is -0.368 e. The third kappa shape index (κ3) is 4.41. The second kappa shape index (κ2) is 7.17. The molecular formula is C15H13Br2FO. The van der Waals surface area contributed by atoms with Crippen molar-refractivity contribution in [1.82, 2.24) is 0 Å². The Morgan fingerprint density at radius 1 is 1.11 bits per heavy atom. The van der Waals surface area contributed by atoms with E-state index in [4.69, 9.17) is 4.74 Å². The highest BCUT2D eigenvalue weighted by Crippen LogP contribution is 2.22. The lowest BCUT2D eigenvalue weighted by Crippen LogP contribution is -2.06. The number of hydrogen-bond acceptors (Lipinski definition) is 1. The summed E-state index contributed by atoms with van der Waals surface area (Å²) in [6, 6.07) is 14.5. The first kappa shape index (κ1) is 14.7. The molecule has 1 unspecified atom stereocenters. The van der Waals surface area contributed by atoms with Gasteiger partial charge in [0, 0.05) is 9.80 Å². The zero-order valence-electron chi connectivity index (χ0n) is 10.2. The summed E-state index contributed by atoms with van der Waals surface area (Å²) in [5, 5.41) is 0.629. The van der Waals surface area contributed by atoms with Crippen molar-refractivity contribution in [2.75, 3.05) is 5.33 Å². The van der Waals surface area contributed by atoms with Crippen molar-refractivity contribution in [1.29, 1.82) is 0 Å². The van der Waals surface area contributed by atoms with Crippen molar-refractivity contribution < 1.29 is 9.13 Å². The van der Waals surface area contributed by atoms with Gasteiger partial charge in [0.1, 0.15) is 5.82 Å². The maximum absolute atomic E-state index is 13.2. The zero-order valence-corrected chi connectivity index (χ0v) is 13.3. The summed E-state index contributed by atoms with van der Waals surface area (Å²) in [5.74, 6) is -0.241. The van der Waals surface area contributed by atoms with Crippen molar-refractivity contribution >= 4 is 31.9 Å². The van der Waals surface area contributed by atoms with Crippen LogP contribution in [0.1, 0.15) is 17.2 Å². The normalized spacial score (nSPS) is 12.4. The molecule has 0 spiro atoms. The van der Waals surface area contributed by atoms with E-state index in [1.807, 2.05) is 30.3 Å². The van der Waals surface area contributed by atoms with Gasteiger partial charge in [0.2, 0.25) is 0 Å². The van der Waals surface area contributed by atoms with Gasteiger partial charge in [-0.1, -0.05) is 56.1 Å². The average Bonchev–Trinajstić information content (AvgIpc) is 2.40. The van der Waals surface area contributed by atoms with E-state index in [9.17, 15) is 4.39 Å². The Morgan fingerprint density at radius 3 is 2.58 bits per heavy atom. The minimum atomic E-state index is -0.241. The van der Waals surface area contributed by atoms with Gasteiger partial charge in [0.05, 0.1) is 12.7 Å². The molecule has 19 heavy (non-hydrogen) atoms. The first-order valence-corrected chi connectivity index (χ1v) is 7.78. The summed E-state index contributed by atoms with van der Waals surface area (Å²) in [4.78, 5) is 0. The van der Waals surface area contributed by atoms with Gasteiger partial charge in [-0.2, -0.15) is 0 Å². The third-order valence-electron chi connectivity index (χ3n) is 2.70. The second-order valence-corrected chi connectivity index (χ2v) is 5.70. The molecule has 0 bridgehead atoms. The molecule has 0 aliphatic heterocycles. The number of ether oxygens (including phenoxy) is 1. The van der Waals surface area contributed by atoms with Crippen LogP contribution in [-0.2, 0) is 11.3 Å². The van der Waals surface area contributed by atoms with Gasteiger partial charge in [-0.3, -0.25) is 0 Å². The number of benzene rings is 2. The van der Waals surface area contributed by atoms with Crippen LogP contribution in [0.15, 0.2) is 53.0 Å². The summed E-state index contributed by atoms with van der Waals surface area (Å²) in [6.45, 7) is 0.492. The molecule has 0 aromatic heterocycles. The molecule has 1 atom stereocenters. The van der Waals surface area contributed by atoms with Crippen LogP contribution in [0.5, 0.6) is 0 Å². The predicted octanol–water partition coefficient (Wildman–Crippen LogP) is 5.24. The highest BCUT2D eigenvalue weighted by atomic mass is 79.9. The molecule has 2 rings (SSSR count). The number of hydrogen-bond donors (Lipinski definition) is 0. The molecule has 1 nitrogen and oxygen atoms in total. The molecule has 0 aliphatic rings. The summed E-state index contributed by atoms with van der Waals surface area (Å²) in [6.07, 6.45) is -0.158. The molecule has 2 aromatic rings. The Hall–Kier alpha value is -0.710. The largest absolute Gasteiger partial charge is 0.368 e. The fourth-order valence-corrected chi connectivity index (χ4v) is 2.77. The summed E-state index contributed by atoms with van der Waals surface area (Å²) >= 11 is 6.83. The Balaban J connectivity index is 2.04. The summed E-state index contributed by atoms with van der Waals surface area (Å²) < 4.78 is 20.1. The summed E-state index contributed by atoms with van der Waals surface area (Å²) in [5.41, 5.74) is 1.92. The first-order chi connectivity index (χ1) is 9.19. The van der Waals surface area contributed by atoms with E-state index in [1.165, 1.54) is 12.1 Å². The van der Waals surface area contributed by atoms with Crippen molar-refractivity contribution in [3.63, 3.8) is 0 Å². The Morgan fingerprint density at radius 2 is 1.89 bits per heavy atom. The molecule has 0 radical (unpaired) electrons. The smallest absolute Gasteiger partial charge is 0.123 e. The van der Waals surface area contributed by atoms with Crippen LogP contribution in [0.25, 0.3) is 0 Å². The molecule has 0 saturated heterocycles. The van der Waals surface area contributed by atoms with Gasteiger partial charge < -0.3 is 4.74 Å². The van der Waals surface area contributed by atoms with Crippen LogP contribution in [0.3, 0.4) is 0 Å². The van der Waals surface area contributed by atoms with Gasteiger partial charge >= 0.3 is 0 Å². The lowest BCUT2D eigenvalue weighted by molar-refractivity contribution is 0.0564. The molecule has 0 aliphatic carbocycles. The lowest BCUT2D eigenvalue weighted by atomic mass is 10.1. The monoisotopic (exact) mass is 386 g/mol. The first-order valence-electron chi connectivity index (χ1n) is 5.86. The van der Waals surface area contributed by atoms with Gasteiger partial charge in [-0.25, -0.2) is 4.39 Å². The molecule has 0 saturated carbocycles. The van der Waals surface area contributed by atoms with Crippen LogP contribution in [0, 0.1) is 5.82 Å². The fourth-order valence-electron chi connectivity index (χ4n) is 1.76. The molecule has 0 fully saturated rings. The maximum Gasteiger partial charge on any atom is 0.123 e. The maximum atomic E-state index is 13.2. The zero-order chi connectivity index (χ0) is 13.7. The number of halogens is 3. The van der Waals surface area contributed by atoms with E-state index in [1.54, 1.807) is 6.07 Å². The Bertz CT molecular complexity index is 545. The average molecular weight is 388 g/mol. The highest BCUT2D eigenvalue weighted by Gasteiger charge is 2.11. The van der Waals surface area contributed by atoms with Crippen molar-refractivity contribution in [3.8, 4) is 0 Å². The molecule has 100 valence electrons. The standard InChI is InChI=1S/C15H13Br2FO/c16-9-15(12-4-2-6-14(18)8-12)19-10-11-3-1-5-13(17)7-11/h1-8,15H,9-10H2. The van der Waals surface area contributed by atoms with Crippen LogP contribution in [-0.4, -0.2) is 5.33 Å². The Kier molecular flexibility index (Phi) is 5.55. The molecule has 0 amide bonds. The molecular weight excluding hydrogens is 375 g/mol. The molecule has 4 heteroatoms. The lowest BCUT2D eigenvalue weighted by Gasteiger charge is -2.16. The van der Waals surface area contributed by atoms with Gasteiger partial charge in [-0.05, 0) is 35.4 Å². The fraction of sp³-hybridized carbons (Fsp3) is 0.200. The third-order valence-corrected chi connectivity index (χ3v) is 3.78. The van der Waals surface area contributed by atoms with Crippen molar-refractivity contribution in [3.05, 3.63) is 69.9 Å². The molecule has 0 heterocycles. The van der Waals surface area contributed by atoms with E-state index in [0.717, 1.165) is 15.6 Å². The summed E-state index contributed by atoms with van der Waals surface area (Å²) in [7, 11) is 0. The minimum absolute atomic E-state index is 0.158. The van der Waals surface area contributed by atoms with Gasteiger partial charge in [0.15, 0.2) is 0 Å².